The highest BCUT2D eigenvalue weighted by Gasteiger charge is 2.10. The smallest absolute Gasteiger partial charge is 0.261 e. The van der Waals surface area contributed by atoms with Gasteiger partial charge in [-0.2, -0.15) is 11.8 Å². The van der Waals surface area contributed by atoms with Crippen molar-refractivity contribution in [2.75, 3.05) is 12.3 Å². The van der Waals surface area contributed by atoms with Crippen LogP contribution in [-0.4, -0.2) is 24.0 Å². The lowest BCUT2D eigenvalue weighted by Crippen LogP contribution is -2.24. The molecule has 4 nitrogen and oxygen atoms in total. The third-order valence-electron chi connectivity index (χ3n) is 2.53. The molecule has 0 aromatic carbocycles. The molecule has 2 rings (SSSR count). The minimum atomic E-state index is -0.124. The first-order chi connectivity index (χ1) is 9.66. The van der Waals surface area contributed by atoms with Crippen molar-refractivity contribution in [1.29, 1.82) is 0 Å². The van der Waals surface area contributed by atoms with Crippen molar-refractivity contribution in [1.82, 2.24) is 5.32 Å². The molecule has 0 spiro atoms. The van der Waals surface area contributed by atoms with Crippen LogP contribution in [0.2, 0.25) is 0 Å². The normalized spacial score (nSPS) is 10.4. The van der Waals surface area contributed by atoms with Gasteiger partial charge in [0.1, 0.15) is 5.76 Å². The summed E-state index contributed by atoms with van der Waals surface area (Å²) in [5.74, 6) is 2.42. The van der Waals surface area contributed by atoms with Gasteiger partial charge in [-0.1, -0.05) is 0 Å². The summed E-state index contributed by atoms with van der Waals surface area (Å²) in [6.07, 6.45) is 1.65. The molecular weight excluding hydrogens is 294 g/mol. The van der Waals surface area contributed by atoms with E-state index in [1.54, 1.807) is 30.2 Å². The maximum atomic E-state index is 11.8. The van der Waals surface area contributed by atoms with Gasteiger partial charge in [0.05, 0.1) is 21.8 Å². The third kappa shape index (κ3) is 4.25. The van der Waals surface area contributed by atoms with Gasteiger partial charge < -0.3 is 9.73 Å². The van der Waals surface area contributed by atoms with Crippen molar-refractivity contribution in [2.45, 2.75) is 12.7 Å². The molecule has 0 aliphatic heterocycles. The lowest BCUT2D eigenvalue weighted by Gasteiger charge is -2.02. The maximum Gasteiger partial charge on any atom is 0.261 e. The Morgan fingerprint density at radius 1 is 1.30 bits per heavy atom. The average molecular weight is 309 g/mol. The van der Waals surface area contributed by atoms with Gasteiger partial charge >= 0.3 is 0 Å². The fraction of sp³-hybridized carbons (Fsp3) is 0.286. The molecule has 2 heterocycles. The molecule has 20 heavy (non-hydrogen) atoms. The molecule has 6 heteroatoms. The highest BCUT2D eigenvalue weighted by molar-refractivity contribution is 7.98. The quantitative estimate of drug-likeness (QED) is 0.630. The van der Waals surface area contributed by atoms with Gasteiger partial charge in [0.15, 0.2) is 5.78 Å². The Labute approximate surface area is 125 Å². The Balaban J connectivity index is 1.68. The van der Waals surface area contributed by atoms with E-state index >= 15 is 0 Å². The number of hydrogen-bond donors (Lipinski definition) is 1. The molecule has 0 atom stereocenters. The Hall–Kier alpha value is -1.53. The second-order valence-electron chi connectivity index (χ2n) is 4.11. The molecular formula is C14H15NO3S2. The number of rotatable bonds is 7. The lowest BCUT2D eigenvalue weighted by molar-refractivity contribution is 0.0959. The first kappa shape index (κ1) is 14.9. The number of hydrogen-bond acceptors (Lipinski definition) is 5. The number of carbonyl (C=O) groups excluding carboxylic acids is 2. The van der Waals surface area contributed by atoms with E-state index in [0.717, 1.165) is 17.3 Å². The second kappa shape index (κ2) is 7.31. The zero-order valence-corrected chi connectivity index (χ0v) is 12.7. The Morgan fingerprint density at radius 2 is 2.10 bits per heavy atom. The van der Waals surface area contributed by atoms with Gasteiger partial charge in [-0.25, -0.2) is 0 Å². The molecule has 1 N–H and O–H groups in total. The standard InChI is InChI=1S/C14H15NO3S2/c1-10(16)12-4-5-13(20-12)14(17)15-6-8-19-9-11-3-2-7-18-11/h2-5,7H,6,8-9H2,1H3,(H,15,17). The average Bonchev–Trinajstić information content (AvgIpc) is 3.09. The molecule has 1 amide bonds. The number of thiophene rings is 1. The highest BCUT2D eigenvalue weighted by Crippen LogP contribution is 2.17. The van der Waals surface area contributed by atoms with E-state index in [1.807, 2.05) is 12.1 Å². The minimum absolute atomic E-state index is 0.0111. The molecule has 2 aromatic rings. The van der Waals surface area contributed by atoms with Crippen LogP contribution in [0.5, 0.6) is 0 Å². The van der Waals surface area contributed by atoms with Crippen molar-refractivity contribution in [3.63, 3.8) is 0 Å². The van der Waals surface area contributed by atoms with Gasteiger partial charge in [-0.3, -0.25) is 9.59 Å². The van der Waals surface area contributed by atoms with Crippen LogP contribution in [0.1, 0.15) is 32.0 Å². The summed E-state index contributed by atoms with van der Waals surface area (Å²) in [6, 6.07) is 7.17. The topological polar surface area (TPSA) is 59.3 Å². The fourth-order valence-electron chi connectivity index (χ4n) is 1.54. The highest BCUT2D eigenvalue weighted by atomic mass is 32.2. The van der Waals surface area contributed by atoms with Crippen LogP contribution in [0.25, 0.3) is 0 Å². The summed E-state index contributed by atoms with van der Waals surface area (Å²) in [6.45, 7) is 2.09. The molecule has 0 unspecified atom stereocenters. The van der Waals surface area contributed by atoms with E-state index < -0.39 is 0 Å². The van der Waals surface area contributed by atoms with Gasteiger partial charge in [0.25, 0.3) is 5.91 Å². The van der Waals surface area contributed by atoms with E-state index in [4.69, 9.17) is 4.42 Å². The van der Waals surface area contributed by atoms with Gasteiger partial charge in [0, 0.05) is 12.3 Å². The number of nitrogens with one attached hydrogen (secondary N) is 1. The Morgan fingerprint density at radius 3 is 2.75 bits per heavy atom. The van der Waals surface area contributed by atoms with Crippen LogP contribution in [0, 0.1) is 0 Å². The van der Waals surface area contributed by atoms with Crippen molar-refractivity contribution < 1.29 is 14.0 Å². The molecule has 0 bridgehead atoms. The Bertz CT molecular complexity index is 575. The van der Waals surface area contributed by atoms with Crippen molar-refractivity contribution in [3.05, 3.63) is 46.0 Å². The molecule has 0 saturated carbocycles. The zero-order valence-electron chi connectivity index (χ0n) is 11.0. The predicted molar refractivity (Wildman–Crippen MR) is 81.5 cm³/mol. The van der Waals surface area contributed by atoms with E-state index in [9.17, 15) is 9.59 Å². The van der Waals surface area contributed by atoms with E-state index in [1.165, 1.54) is 18.3 Å². The van der Waals surface area contributed by atoms with Crippen LogP contribution in [0.3, 0.4) is 0 Å². The molecule has 0 aliphatic carbocycles. The second-order valence-corrected chi connectivity index (χ2v) is 6.30. The molecule has 0 saturated heterocycles. The number of amides is 1. The fourth-order valence-corrected chi connectivity index (χ4v) is 3.11. The molecule has 0 fully saturated rings. The summed E-state index contributed by atoms with van der Waals surface area (Å²) >= 11 is 2.93. The van der Waals surface area contributed by atoms with Crippen LogP contribution in [-0.2, 0) is 5.75 Å². The number of ketones is 1. The number of furan rings is 1. The van der Waals surface area contributed by atoms with Crippen molar-refractivity contribution in [2.24, 2.45) is 0 Å². The number of Topliss-reactive ketones (excluding diaryl/α,β-unsaturated/α-hetero) is 1. The largest absolute Gasteiger partial charge is 0.468 e. The minimum Gasteiger partial charge on any atom is -0.468 e. The van der Waals surface area contributed by atoms with Crippen molar-refractivity contribution >= 4 is 34.8 Å². The summed E-state index contributed by atoms with van der Waals surface area (Å²) < 4.78 is 5.22. The lowest BCUT2D eigenvalue weighted by atomic mass is 10.3. The molecule has 0 radical (unpaired) electrons. The first-order valence-electron chi connectivity index (χ1n) is 6.16. The first-order valence-corrected chi connectivity index (χ1v) is 8.13. The summed E-state index contributed by atoms with van der Waals surface area (Å²) in [5.41, 5.74) is 0. The van der Waals surface area contributed by atoms with Gasteiger partial charge in [0.2, 0.25) is 0 Å². The van der Waals surface area contributed by atoms with E-state index in [2.05, 4.69) is 5.32 Å². The summed E-state index contributed by atoms with van der Waals surface area (Å²) in [5, 5.41) is 2.84. The third-order valence-corrected chi connectivity index (χ3v) is 4.70. The summed E-state index contributed by atoms with van der Waals surface area (Å²) in [7, 11) is 0. The molecule has 0 aliphatic rings. The predicted octanol–water partition coefficient (Wildman–Crippen LogP) is 3.21. The SMILES string of the molecule is CC(=O)c1ccc(C(=O)NCCSCc2ccco2)s1. The Kier molecular flexibility index (Phi) is 5.43. The van der Waals surface area contributed by atoms with Crippen LogP contribution >= 0.6 is 23.1 Å². The number of carbonyl (C=O) groups is 2. The molecule has 2 aromatic heterocycles. The van der Waals surface area contributed by atoms with E-state index in [0.29, 0.717) is 16.3 Å². The van der Waals surface area contributed by atoms with Crippen molar-refractivity contribution in [3.8, 4) is 0 Å². The monoisotopic (exact) mass is 309 g/mol. The summed E-state index contributed by atoms with van der Waals surface area (Å²) in [4.78, 5) is 24.2. The number of thioether (sulfide) groups is 1. The van der Waals surface area contributed by atoms with Gasteiger partial charge in [-0.15, -0.1) is 11.3 Å². The van der Waals surface area contributed by atoms with Crippen LogP contribution < -0.4 is 5.32 Å². The molecule has 106 valence electrons. The van der Waals surface area contributed by atoms with Gasteiger partial charge in [-0.05, 0) is 31.2 Å². The van der Waals surface area contributed by atoms with Crippen LogP contribution in [0.4, 0.5) is 0 Å². The van der Waals surface area contributed by atoms with E-state index in [-0.39, 0.29) is 11.7 Å². The van der Waals surface area contributed by atoms with Crippen LogP contribution in [0.15, 0.2) is 34.9 Å². The zero-order chi connectivity index (χ0) is 14.4. The maximum absolute atomic E-state index is 11.8.